The number of pyridine rings is 1. The van der Waals surface area contributed by atoms with Crippen LogP contribution < -0.4 is 0 Å². The van der Waals surface area contributed by atoms with Gasteiger partial charge in [0.25, 0.3) is 6.43 Å². The van der Waals surface area contributed by atoms with Crippen LogP contribution in [0.1, 0.15) is 23.4 Å². The fourth-order valence-electron chi connectivity index (χ4n) is 1.08. The topological polar surface area (TPSA) is 36.7 Å². The van der Waals surface area contributed by atoms with Crippen molar-refractivity contribution < 1.29 is 8.78 Å². The van der Waals surface area contributed by atoms with Crippen LogP contribution in [0.3, 0.4) is 0 Å². The van der Waals surface area contributed by atoms with Gasteiger partial charge in [-0.3, -0.25) is 0 Å². The van der Waals surface area contributed by atoms with Crippen molar-refractivity contribution in [2.24, 2.45) is 0 Å². The molecule has 1 aromatic heterocycles. The van der Waals surface area contributed by atoms with Crippen LogP contribution in [-0.2, 0) is 11.8 Å². The molecule has 0 spiro atoms. The molecule has 1 aromatic rings. The van der Waals surface area contributed by atoms with Crippen molar-refractivity contribution >= 4 is 31.9 Å². The third-order valence-electron chi connectivity index (χ3n) is 1.72. The number of rotatable bonds is 3. The lowest BCUT2D eigenvalue weighted by Crippen LogP contribution is -2.00. The monoisotopic (exact) mass is 338 g/mol. The van der Waals surface area contributed by atoms with Crippen molar-refractivity contribution in [3.05, 3.63) is 27.5 Å². The average molecular weight is 340 g/mol. The number of nitriles is 1. The third-order valence-corrected chi connectivity index (χ3v) is 3.24. The number of alkyl halides is 3. The number of hydrogen-bond acceptors (Lipinski definition) is 2. The van der Waals surface area contributed by atoms with Crippen molar-refractivity contribution in [2.45, 2.75) is 18.2 Å². The first-order chi connectivity index (χ1) is 7.10. The Kier molecular flexibility index (Phi) is 4.61. The molecule has 15 heavy (non-hydrogen) atoms. The number of nitrogens with zero attached hydrogens (tertiary/aromatic N) is 2. The van der Waals surface area contributed by atoms with Gasteiger partial charge in [0.1, 0.15) is 5.69 Å². The van der Waals surface area contributed by atoms with Gasteiger partial charge in [-0.1, -0.05) is 15.9 Å². The highest BCUT2D eigenvalue weighted by molar-refractivity contribution is 9.10. The zero-order valence-electron chi connectivity index (χ0n) is 7.48. The van der Waals surface area contributed by atoms with E-state index in [0.29, 0.717) is 21.1 Å². The molecule has 0 radical (unpaired) electrons. The Morgan fingerprint density at radius 2 is 2.20 bits per heavy atom. The molecule has 0 aliphatic heterocycles. The molecule has 6 heteroatoms. The summed E-state index contributed by atoms with van der Waals surface area (Å²) in [5, 5.41) is 8.92. The lowest BCUT2D eigenvalue weighted by atomic mass is 10.2. The van der Waals surface area contributed by atoms with Crippen molar-refractivity contribution in [1.82, 2.24) is 4.98 Å². The second kappa shape index (κ2) is 5.52. The van der Waals surface area contributed by atoms with Crippen LogP contribution in [0.4, 0.5) is 8.78 Å². The third kappa shape index (κ3) is 2.95. The van der Waals surface area contributed by atoms with Gasteiger partial charge in [-0.05, 0) is 27.6 Å². The summed E-state index contributed by atoms with van der Waals surface area (Å²) in [7, 11) is 0. The standard InChI is InChI=1S/C9H6Br2F2N2/c10-4-5-3-6(1-2-14)15-8(7(5)11)9(12)13/h3,9H,1,4H2. The Bertz CT molecular complexity index is 402. The van der Waals surface area contributed by atoms with Gasteiger partial charge in [0.05, 0.1) is 18.2 Å². The zero-order valence-corrected chi connectivity index (χ0v) is 10.6. The van der Waals surface area contributed by atoms with E-state index in [-0.39, 0.29) is 12.1 Å². The molecule has 0 unspecified atom stereocenters. The average Bonchev–Trinajstić information content (AvgIpc) is 2.20. The lowest BCUT2D eigenvalue weighted by molar-refractivity contribution is 0.145. The largest absolute Gasteiger partial charge is 0.281 e. The highest BCUT2D eigenvalue weighted by atomic mass is 79.9. The van der Waals surface area contributed by atoms with Crippen molar-refractivity contribution in [2.75, 3.05) is 0 Å². The van der Waals surface area contributed by atoms with Gasteiger partial charge in [0.2, 0.25) is 0 Å². The molecule has 0 fully saturated rings. The van der Waals surface area contributed by atoms with E-state index >= 15 is 0 Å². The predicted octanol–water partition coefficient (Wildman–Crippen LogP) is 3.74. The Labute approximate surface area is 103 Å². The lowest BCUT2D eigenvalue weighted by Gasteiger charge is -2.08. The molecule has 0 aliphatic rings. The molecule has 0 N–H and O–H groups in total. The Morgan fingerprint density at radius 3 is 2.67 bits per heavy atom. The van der Waals surface area contributed by atoms with Crippen molar-refractivity contribution in [3.63, 3.8) is 0 Å². The molecule has 0 aromatic carbocycles. The van der Waals surface area contributed by atoms with E-state index in [1.54, 1.807) is 6.07 Å². The minimum Gasteiger partial charge on any atom is -0.250 e. The molecule has 1 rings (SSSR count). The molecule has 80 valence electrons. The zero-order chi connectivity index (χ0) is 11.4. The fourth-order valence-corrected chi connectivity index (χ4v) is 2.41. The first-order valence-corrected chi connectivity index (χ1v) is 5.90. The molecule has 0 aliphatic carbocycles. The highest BCUT2D eigenvalue weighted by Gasteiger charge is 2.17. The smallest absolute Gasteiger partial charge is 0.250 e. The van der Waals surface area contributed by atoms with Crippen LogP contribution in [0.2, 0.25) is 0 Å². The Balaban J connectivity index is 3.26. The summed E-state index contributed by atoms with van der Waals surface area (Å²) in [6.45, 7) is 0. The van der Waals surface area contributed by atoms with Crippen molar-refractivity contribution in [1.29, 1.82) is 5.26 Å². The molecule has 1 heterocycles. The van der Waals surface area contributed by atoms with Crippen LogP contribution in [0.5, 0.6) is 0 Å². The van der Waals surface area contributed by atoms with Crippen LogP contribution >= 0.6 is 31.9 Å². The Morgan fingerprint density at radius 1 is 1.53 bits per heavy atom. The predicted molar refractivity (Wildman–Crippen MR) is 58.8 cm³/mol. The van der Waals surface area contributed by atoms with Gasteiger partial charge in [-0.25, -0.2) is 13.8 Å². The fraction of sp³-hybridized carbons (Fsp3) is 0.333. The molecule has 0 saturated carbocycles. The second-order valence-electron chi connectivity index (χ2n) is 2.74. The Hall–Kier alpha value is -0.540. The van der Waals surface area contributed by atoms with E-state index in [1.807, 2.05) is 6.07 Å². The molecule has 0 atom stereocenters. The van der Waals surface area contributed by atoms with E-state index < -0.39 is 6.43 Å². The van der Waals surface area contributed by atoms with Gasteiger partial charge >= 0.3 is 0 Å². The van der Waals surface area contributed by atoms with Gasteiger partial charge in [-0.2, -0.15) is 5.26 Å². The number of hydrogen-bond donors (Lipinski definition) is 0. The van der Waals surface area contributed by atoms with E-state index in [0.717, 1.165) is 0 Å². The van der Waals surface area contributed by atoms with Crippen LogP contribution in [0.25, 0.3) is 0 Å². The van der Waals surface area contributed by atoms with Crippen LogP contribution in [0.15, 0.2) is 10.5 Å². The van der Waals surface area contributed by atoms with E-state index in [2.05, 4.69) is 36.8 Å². The van der Waals surface area contributed by atoms with Gasteiger partial charge in [0.15, 0.2) is 0 Å². The van der Waals surface area contributed by atoms with E-state index in [4.69, 9.17) is 5.26 Å². The summed E-state index contributed by atoms with van der Waals surface area (Å²) in [4.78, 5) is 3.73. The molecular formula is C9H6Br2F2N2. The minimum atomic E-state index is -2.64. The summed E-state index contributed by atoms with van der Waals surface area (Å²) < 4.78 is 25.4. The van der Waals surface area contributed by atoms with Crippen molar-refractivity contribution in [3.8, 4) is 6.07 Å². The second-order valence-corrected chi connectivity index (χ2v) is 4.09. The summed E-state index contributed by atoms with van der Waals surface area (Å²) in [5.74, 6) is 0. The molecule has 0 saturated heterocycles. The van der Waals surface area contributed by atoms with Gasteiger partial charge in [-0.15, -0.1) is 0 Å². The summed E-state index contributed by atoms with van der Waals surface area (Å²) >= 11 is 6.26. The molecule has 2 nitrogen and oxygen atoms in total. The maximum absolute atomic E-state index is 12.6. The number of halogens is 4. The van der Waals surface area contributed by atoms with E-state index in [1.165, 1.54) is 0 Å². The first kappa shape index (κ1) is 12.5. The normalized spacial score (nSPS) is 10.4. The minimum absolute atomic E-state index is 0.0347. The molecular weight excluding hydrogens is 334 g/mol. The highest BCUT2D eigenvalue weighted by Crippen LogP contribution is 2.30. The van der Waals surface area contributed by atoms with E-state index in [9.17, 15) is 8.78 Å². The van der Waals surface area contributed by atoms with Crippen LogP contribution in [0, 0.1) is 11.3 Å². The molecule has 0 amide bonds. The first-order valence-electron chi connectivity index (χ1n) is 3.99. The van der Waals surface area contributed by atoms with Gasteiger partial charge < -0.3 is 0 Å². The molecule has 0 bridgehead atoms. The summed E-state index contributed by atoms with van der Waals surface area (Å²) in [6.07, 6.45) is -2.61. The maximum atomic E-state index is 12.6. The summed E-state index contributed by atoms with van der Waals surface area (Å²) in [6, 6.07) is 3.52. The quantitative estimate of drug-likeness (QED) is 0.786. The number of aromatic nitrogens is 1. The maximum Gasteiger partial charge on any atom is 0.281 e. The van der Waals surface area contributed by atoms with Gasteiger partial charge in [0, 0.05) is 9.80 Å². The summed E-state index contributed by atoms with van der Waals surface area (Å²) in [5.41, 5.74) is 0.730. The van der Waals surface area contributed by atoms with Crippen LogP contribution in [-0.4, -0.2) is 4.98 Å². The SMILES string of the molecule is N#CCc1cc(CBr)c(Br)c(C(F)F)n1.